The first-order valence-electron chi connectivity index (χ1n) is 6.36. The smallest absolute Gasteiger partial charge is 0.329 e. The van der Waals surface area contributed by atoms with E-state index in [-0.39, 0.29) is 5.56 Å². The molecule has 0 spiro atoms. The molecule has 1 aliphatic heterocycles. The van der Waals surface area contributed by atoms with E-state index in [1.165, 1.54) is 11.8 Å². The number of hydrogen-bond donors (Lipinski definition) is 1. The summed E-state index contributed by atoms with van der Waals surface area (Å²) in [5, 5.41) is 9.33. The number of likely N-dealkylation sites (tertiary alicyclic amines) is 1. The van der Waals surface area contributed by atoms with Crippen molar-refractivity contribution in [2.24, 2.45) is 0 Å². The number of benzene rings is 1. The van der Waals surface area contributed by atoms with Gasteiger partial charge in [0.05, 0.1) is 0 Å². The van der Waals surface area contributed by atoms with Gasteiger partial charge in [-0.2, -0.15) is 0 Å². The highest BCUT2D eigenvalue weighted by Crippen LogP contribution is 2.30. The molecule has 1 saturated heterocycles. The summed E-state index contributed by atoms with van der Waals surface area (Å²) in [6.07, 6.45) is 1.75. The first-order valence-corrected chi connectivity index (χ1v) is 6.36. The van der Waals surface area contributed by atoms with E-state index in [4.69, 9.17) is 0 Å². The molecule has 1 N–H and O–H groups in total. The second-order valence-electron chi connectivity index (χ2n) is 5.12. The van der Waals surface area contributed by atoms with Crippen LogP contribution in [0.4, 0.5) is 8.78 Å². The fourth-order valence-electron chi connectivity index (χ4n) is 2.45. The van der Waals surface area contributed by atoms with E-state index in [1.807, 2.05) is 0 Å². The van der Waals surface area contributed by atoms with Crippen LogP contribution in [0.3, 0.4) is 0 Å². The average Bonchev–Trinajstić information content (AvgIpc) is 2.41. The molecule has 1 amide bonds. The molecule has 1 aromatic rings. The monoisotopic (exact) mass is 283 g/mol. The molecule has 2 rings (SSSR count). The molecule has 1 atom stereocenters. The second-order valence-corrected chi connectivity index (χ2v) is 5.12. The maximum atomic E-state index is 13.2. The predicted octanol–water partition coefficient (Wildman–Crippen LogP) is 2.43. The number of aliphatic carboxylic acids is 1. The SMILES string of the molecule is CC1(C(=O)O)CCCCN1C(=O)c1ccc(F)c(F)c1. The Balaban J connectivity index is 2.35. The summed E-state index contributed by atoms with van der Waals surface area (Å²) < 4.78 is 26.1. The summed E-state index contributed by atoms with van der Waals surface area (Å²) >= 11 is 0. The van der Waals surface area contributed by atoms with E-state index in [2.05, 4.69) is 0 Å². The molecule has 1 fully saturated rings. The number of amides is 1. The van der Waals surface area contributed by atoms with Crippen LogP contribution in [0.1, 0.15) is 36.5 Å². The van der Waals surface area contributed by atoms with Crippen molar-refractivity contribution in [3.05, 3.63) is 35.4 Å². The van der Waals surface area contributed by atoms with E-state index in [0.717, 1.165) is 18.2 Å². The first-order chi connectivity index (χ1) is 9.36. The lowest BCUT2D eigenvalue weighted by Gasteiger charge is -2.41. The van der Waals surface area contributed by atoms with Crippen LogP contribution in [0.2, 0.25) is 0 Å². The zero-order valence-electron chi connectivity index (χ0n) is 11.0. The summed E-state index contributed by atoms with van der Waals surface area (Å²) in [7, 11) is 0. The third-order valence-corrected chi connectivity index (χ3v) is 3.76. The second kappa shape index (κ2) is 5.19. The van der Waals surface area contributed by atoms with Crippen molar-refractivity contribution in [2.75, 3.05) is 6.54 Å². The molecule has 20 heavy (non-hydrogen) atoms. The lowest BCUT2D eigenvalue weighted by Crippen LogP contribution is -2.57. The van der Waals surface area contributed by atoms with Crippen LogP contribution in [-0.4, -0.2) is 34.0 Å². The Morgan fingerprint density at radius 3 is 2.55 bits per heavy atom. The van der Waals surface area contributed by atoms with Gasteiger partial charge in [-0.3, -0.25) is 4.79 Å². The normalized spacial score (nSPS) is 22.6. The summed E-state index contributed by atoms with van der Waals surface area (Å²) in [4.78, 5) is 25.0. The Kier molecular flexibility index (Phi) is 3.74. The van der Waals surface area contributed by atoms with Gasteiger partial charge in [0.25, 0.3) is 5.91 Å². The number of rotatable bonds is 2. The lowest BCUT2D eigenvalue weighted by molar-refractivity contribution is -0.150. The summed E-state index contributed by atoms with van der Waals surface area (Å²) in [5.41, 5.74) is -1.35. The van der Waals surface area contributed by atoms with Crippen LogP contribution in [0.5, 0.6) is 0 Å². The number of piperidine rings is 1. The molecule has 0 aliphatic carbocycles. The summed E-state index contributed by atoms with van der Waals surface area (Å²) in [6.45, 7) is 1.77. The van der Waals surface area contributed by atoms with Crippen LogP contribution in [0.15, 0.2) is 18.2 Å². The largest absolute Gasteiger partial charge is 0.480 e. The van der Waals surface area contributed by atoms with Crippen molar-refractivity contribution < 1.29 is 23.5 Å². The number of carboxylic acid groups (broad SMARTS) is 1. The highest BCUT2D eigenvalue weighted by atomic mass is 19.2. The van der Waals surface area contributed by atoms with Gasteiger partial charge in [-0.1, -0.05) is 0 Å². The molecule has 0 aromatic heterocycles. The van der Waals surface area contributed by atoms with Crippen LogP contribution in [0, 0.1) is 11.6 Å². The van der Waals surface area contributed by atoms with Crippen LogP contribution in [0.25, 0.3) is 0 Å². The first kappa shape index (κ1) is 14.4. The van der Waals surface area contributed by atoms with Gasteiger partial charge < -0.3 is 10.0 Å². The Labute approximate surface area is 115 Å². The molecule has 1 aliphatic rings. The van der Waals surface area contributed by atoms with Crippen LogP contribution >= 0.6 is 0 Å². The van der Waals surface area contributed by atoms with Crippen LogP contribution in [-0.2, 0) is 4.79 Å². The molecule has 0 radical (unpaired) electrons. The predicted molar refractivity (Wildman–Crippen MR) is 67.3 cm³/mol. The third-order valence-electron chi connectivity index (χ3n) is 3.76. The molecular weight excluding hydrogens is 268 g/mol. The zero-order chi connectivity index (χ0) is 14.9. The Bertz CT molecular complexity index is 561. The van der Waals surface area contributed by atoms with Gasteiger partial charge in [0, 0.05) is 12.1 Å². The number of nitrogens with zero attached hydrogens (tertiary/aromatic N) is 1. The number of carboxylic acids is 1. The van der Waals surface area contributed by atoms with Crippen molar-refractivity contribution >= 4 is 11.9 Å². The Morgan fingerprint density at radius 2 is 1.95 bits per heavy atom. The van der Waals surface area contributed by atoms with Gasteiger partial charge in [-0.25, -0.2) is 13.6 Å². The summed E-state index contributed by atoms with van der Waals surface area (Å²) in [6, 6.07) is 2.83. The van der Waals surface area contributed by atoms with Gasteiger partial charge in [0.15, 0.2) is 11.6 Å². The molecule has 0 saturated carbocycles. The minimum Gasteiger partial charge on any atom is -0.480 e. The van der Waals surface area contributed by atoms with Crippen molar-refractivity contribution in [1.29, 1.82) is 0 Å². The standard InChI is InChI=1S/C14H15F2NO3/c1-14(13(19)20)6-2-3-7-17(14)12(18)9-4-5-10(15)11(16)8-9/h4-5,8H,2-3,6-7H2,1H3,(H,19,20). The Morgan fingerprint density at radius 1 is 1.25 bits per heavy atom. The highest BCUT2D eigenvalue weighted by Gasteiger charge is 2.44. The van der Waals surface area contributed by atoms with Gasteiger partial charge in [-0.15, -0.1) is 0 Å². The van der Waals surface area contributed by atoms with Crippen LogP contribution < -0.4 is 0 Å². The maximum Gasteiger partial charge on any atom is 0.329 e. The Hall–Kier alpha value is -1.98. The lowest BCUT2D eigenvalue weighted by atomic mass is 9.88. The molecule has 4 nitrogen and oxygen atoms in total. The molecule has 0 bridgehead atoms. The number of carbonyl (C=O) groups is 2. The highest BCUT2D eigenvalue weighted by molar-refractivity contribution is 5.97. The maximum absolute atomic E-state index is 13.2. The topological polar surface area (TPSA) is 57.6 Å². The fourth-order valence-corrected chi connectivity index (χ4v) is 2.45. The van der Waals surface area contributed by atoms with E-state index >= 15 is 0 Å². The number of halogens is 2. The molecular formula is C14H15F2NO3. The van der Waals surface area contributed by atoms with Crippen molar-refractivity contribution in [2.45, 2.75) is 31.7 Å². The van der Waals surface area contributed by atoms with Gasteiger partial charge in [0.1, 0.15) is 5.54 Å². The van der Waals surface area contributed by atoms with E-state index in [1.54, 1.807) is 0 Å². The average molecular weight is 283 g/mol. The molecule has 6 heteroatoms. The fraction of sp³-hybridized carbons (Fsp3) is 0.429. The van der Waals surface area contributed by atoms with Gasteiger partial charge >= 0.3 is 5.97 Å². The quantitative estimate of drug-likeness (QED) is 0.907. The minimum absolute atomic E-state index is 0.0433. The molecule has 108 valence electrons. The third kappa shape index (κ3) is 2.37. The molecule has 1 heterocycles. The minimum atomic E-state index is -1.31. The van der Waals surface area contributed by atoms with E-state index in [0.29, 0.717) is 25.8 Å². The van der Waals surface area contributed by atoms with Gasteiger partial charge in [-0.05, 0) is 44.4 Å². The van der Waals surface area contributed by atoms with Crippen molar-refractivity contribution in [3.63, 3.8) is 0 Å². The molecule has 1 aromatic carbocycles. The van der Waals surface area contributed by atoms with E-state index < -0.39 is 29.0 Å². The van der Waals surface area contributed by atoms with Crippen molar-refractivity contribution in [3.8, 4) is 0 Å². The van der Waals surface area contributed by atoms with Crippen molar-refractivity contribution in [1.82, 2.24) is 4.90 Å². The molecule has 1 unspecified atom stereocenters. The number of carbonyl (C=O) groups excluding carboxylic acids is 1. The van der Waals surface area contributed by atoms with E-state index in [9.17, 15) is 23.5 Å². The number of hydrogen-bond acceptors (Lipinski definition) is 2. The zero-order valence-corrected chi connectivity index (χ0v) is 11.0. The van der Waals surface area contributed by atoms with Gasteiger partial charge in [0.2, 0.25) is 0 Å². The summed E-state index contributed by atoms with van der Waals surface area (Å²) in [5.74, 6) is -3.84.